The molecule has 70 valence electrons. The molecule has 0 saturated carbocycles. The first-order valence-electron chi connectivity index (χ1n) is 3.57. The second-order valence-corrected chi connectivity index (χ2v) is 2.84. The molecular formula is C6H7N3O3S. The molecule has 0 aliphatic carbocycles. The van der Waals surface area contributed by atoms with Crippen LogP contribution in [0.2, 0.25) is 0 Å². The molecule has 1 amide bonds. The molecule has 2 N–H and O–H groups in total. The van der Waals surface area contributed by atoms with E-state index in [9.17, 15) is 9.59 Å². The molecule has 0 bridgehead atoms. The maximum absolute atomic E-state index is 11.1. The van der Waals surface area contributed by atoms with Gasteiger partial charge in [0.1, 0.15) is 0 Å². The molecule has 0 aromatic rings. The van der Waals surface area contributed by atoms with E-state index in [1.807, 2.05) is 0 Å². The number of azo groups is 1. The van der Waals surface area contributed by atoms with Crippen molar-refractivity contribution in [1.82, 2.24) is 5.32 Å². The van der Waals surface area contributed by atoms with Crippen molar-refractivity contribution >= 4 is 29.2 Å². The van der Waals surface area contributed by atoms with Crippen LogP contribution in [0.3, 0.4) is 0 Å². The summed E-state index contributed by atoms with van der Waals surface area (Å²) in [4.78, 5) is 21.3. The van der Waals surface area contributed by atoms with Gasteiger partial charge in [-0.1, -0.05) is 0 Å². The van der Waals surface area contributed by atoms with Gasteiger partial charge in [-0.25, -0.2) is 0 Å². The second kappa shape index (κ2) is 4.04. The summed E-state index contributed by atoms with van der Waals surface area (Å²) in [6.07, 6.45) is 0.0388. The highest BCUT2D eigenvalue weighted by Gasteiger charge is 2.23. The number of rotatable bonds is 3. The van der Waals surface area contributed by atoms with Gasteiger partial charge < -0.3 is 5.11 Å². The normalized spacial score (nSPS) is 21.4. The average Bonchev–Trinajstić information content (AvgIpc) is 2.02. The van der Waals surface area contributed by atoms with E-state index in [1.165, 1.54) is 0 Å². The predicted octanol–water partition coefficient (Wildman–Crippen LogP) is 0.0867. The average molecular weight is 201 g/mol. The van der Waals surface area contributed by atoms with Gasteiger partial charge in [0.05, 0.1) is 0 Å². The number of aliphatic carboxylic acids is 1. The summed E-state index contributed by atoms with van der Waals surface area (Å²) in [5.74, 6) is -1.35. The third-order valence-electron chi connectivity index (χ3n) is 1.45. The van der Waals surface area contributed by atoms with Crippen molar-refractivity contribution < 1.29 is 14.7 Å². The molecule has 1 rings (SSSR count). The lowest BCUT2D eigenvalue weighted by Gasteiger charge is -2.13. The summed E-state index contributed by atoms with van der Waals surface area (Å²) in [5.41, 5.74) is 0. The van der Waals surface area contributed by atoms with Gasteiger partial charge in [-0.05, 0) is 18.6 Å². The number of hydrogen-bond acceptors (Lipinski definition) is 4. The number of carbonyl (C=O) groups is 2. The number of amides is 1. The van der Waals surface area contributed by atoms with Crippen LogP contribution in [0.5, 0.6) is 0 Å². The van der Waals surface area contributed by atoms with E-state index in [1.54, 1.807) is 0 Å². The number of thiocarbonyl (C=S) groups is 1. The number of hydrogen-bond donors (Lipinski definition) is 2. The molecule has 1 unspecified atom stereocenters. The molecule has 13 heavy (non-hydrogen) atoms. The molecule has 1 aliphatic rings. The highest BCUT2D eigenvalue weighted by atomic mass is 32.1. The Morgan fingerprint density at radius 2 is 2.38 bits per heavy atom. The van der Waals surface area contributed by atoms with Crippen LogP contribution >= 0.6 is 12.2 Å². The van der Waals surface area contributed by atoms with Crippen LogP contribution in [0, 0.1) is 0 Å². The molecule has 0 radical (unpaired) electrons. The number of nitrogens with zero attached hydrogens (tertiary/aromatic N) is 2. The van der Waals surface area contributed by atoms with Crippen molar-refractivity contribution in [1.29, 1.82) is 0 Å². The lowest BCUT2D eigenvalue weighted by atomic mass is 10.1. The summed E-state index contributed by atoms with van der Waals surface area (Å²) < 4.78 is 0. The van der Waals surface area contributed by atoms with Crippen molar-refractivity contribution in [3.05, 3.63) is 0 Å². The first kappa shape index (κ1) is 9.72. The molecule has 1 aliphatic heterocycles. The SMILES string of the molecule is O=C(O)CCC1N=NC(=S)NC1=O. The van der Waals surface area contributed by atoms with Crippen molar-refractivity contribution in [2.75, 3.05) is 0 Å². The molecule has 7 heteroatoms. The van der Waals surface area contributed by atoms with E-state index >= 15 is 0 Å². The Bertz CT molecular complexity index is 289. The smallest absolute Gasteiger partial charge is 0.303 e. The fraction of sp³-hybridized carbons (Fsp3) is 0.500. The monoisotopic (exact) mass is 201 g/mol. The first-order chi connectivity index (χ1) is 6.09. The highest BCUT2D eigenvalue weighted by Crippen LogP contribution is 2.07. The minimum Gasteiger partial charge on any atom is -0.481 e. The Hall–Kier alpha value is -1.37. The Morgan fingerprint density at radius 3 is 2.92 bits per heavy atom. The van der Waals surface area contributed by atoms with Crippen molar-refractivity contribution in [2.45, 2.75) is 18.9 Å². The van der Waals surface area contributed by atoms with E-state index in [0.717, 1.165) is 0 Å². The van der Waals surface area contributed by atoms with Crippen LogP contribution in [0.1, 0.15) is 12.8 Å². The van der Waals surface area contributed by atoms with E-state index in [4.69, 9.17) is 5.11 Å². The molecule has 6 nitrogen and oxygen atoms in total. The zero-order valence-corrected chi connectivity index (χ0v) is 7.37. The molecular weight excluding hydrogens is 194 g/mol. The molecule has 0 fully saturated rings. The maximum atomic E-state index is 11.1. The predicted molar refractivity (Wildman–Crippen MR) is 46.3 cm³/mol. The summed E-state index contributed by atoms with van der Waals surface area (Å²) in [7, 11) is 0. The van der Waals surface area contributed by atoms with Gasteiger partial charge in [-0.3, -0.25) is 14.9 Å². The van der Waals surface area contributed by atoms with Crippen molar-refractivity contribution in [2.24, 2.45) is 10.2 Å². The fourth-order valence-electron chi connectivity index (χ4n) is 0.837. The quantitative estimate of drug-likeness (QED) is 0.633. The molecule has 1 heterocycles. The number of nitrogens with one attached hydrogen (secondary N) is 1. The fourth-order valence-corrected chi connectivity index (χ4v) is 0.985. The van der Waals surface area contributed by atoms with Crippen LogP contribution in [0.15, 0.2) is 10.2 Å². The van der Waals surface area contributed by atoms with Gasteiger partial charge in [-0.15, -0.1) is 5.11 Å². The summed E-state index contributed by atoms with van der Waals surface area (Å²) in [6.45, 7) is 0. The summed E-state index contributed by atoms with van der Waals surface area (Å²) >= 11 is 4.56. The largest absolute Gasteiger partial charge is 0.481 e. The lowest BCUT2D eigenvalue weighted by Crippen LogP contribution is -2.39. The lowest BCUT2D eigenvalue weighted by molar-refractivity contribution is -0.137. The Morgan fingerprint density at radius 1 is 1.69 bits per heavy atom. The van der Waals surface area contributed by atoms with Crippen molar-refractivity contribution in [3.8, 4) is 0 Å². The van der Waals surface area contributed by atoms with Crippen LogP contribution in [0.25, 0.3) is 0 Å². The summed E-state index contributed by atoms with van der Waals surface area (Å²) in [5, 5.41) is 17.7. The minimum absolute atomic E-state index is 0.0246. The highest BCUT2D eigenvalue weighted by molar-refractivity contribution is 7.80. The first-order valence-corrected chi connectivity index (χ1v) is 3.98. The zero-order chi connectivity index (χ0) is 9.84. The summed E-state index contributed by atoms with van der Waals surface area (Å²) in [6, 6.07) is -0.720. The van der Waals surface area contributed by atoms with E-state index in [0.29, 0.717) is 0 Å². The van der Waals surface area contributed by atoms with Crippen LogP contribution in [-0.2, 0) is 9.59 Å². The molecule has 0 spiro atoms. The minimum atomic E-state index is -0.962. The molecule has 1 atom stereocenters. The van der Waals surface area contributed by atoms with Gasteiger partial charge >= 0.3 is 5.97 Å². The standard InChI is InChI=1S/C6H7N3O3S/c10-4(11)2-1-3-5(12)7-6(13)9-8-3/h3H,1-2H2,(H,10,11)(H,7,12,13). The van der Waals surface area contributed by atoms with Crippen molar-refractivity contribution in [3.63, 3.8) is 0 Å². The number of carbonyl (C=O) groups excluding carboxylic acids is 1. The molecule has 0 saturated heterocycles. The van der Waals surface area contributed by atoms with Crippen LogP contribution in [0.4, 0.5) is 0 Å². The maximum Gasteiger partial charge on any atom is 0.303 e. The van der Waals surface area contributed by atoms with Gasteiger partial charge in [0.2, 0.25) is 5.11 Å². The Balaban J connectivity index is 2.51. The van der Waals surface area contributed by atoms with Crippen LogP contribution < -0.4 is 5.32 Å². The zero-order valence-electron chi connectivity index (χ0n) is 6.56. The third kappa shape index (κ3) is 2.86. The van der Waals surface area contributed by atoms with Gasteiger partial charge in [0.25, 0.3) is 5.91 Å². The Kier molecular flexibility index (Phi) is 3.02. The van der Waals surface area contributed by atoms with E-state index in [2.05, 4.69) is 27.8 Å². The Labute approximate surface area is 79.0 Å². The number of carboxylic acid groups (broad SMARTS) is 1. The molecule has 0 aromatic carbocycles. The van der Waals surface area contributed by atoms with Gasteiger partial charge in [-0.2, -0.15) is 5.11 Å². The topological polar surface area (TPSA) is 91.1 Å². The number of carboxylic acids is 1. The van der Waals surface area contributed by atoms with Gasteiger partial charge in [0.15, 0.2) is 6.04 Å². The second-order valence-electron chi connectivity index (χ2n) is 2.46. The molecule has 0 aromatic heterocycles. The van der Waals surface area contributed by atoms with E-state index in [-0.39, 0.29) is 23.9 Å². The van der Waals surface area contributed by atoms with Crippen LogP contribution in [-0.4, -0.2) is 28.1 Å². The third-order valence-corrected chi connectivity index (χ3v) is 1.64. The van der Waals surface area contributed by atoms with E-state index < -0.39 is 12.0 Å². The van der Waals surface area contributed by atoms with Gasteiger partial charge in [0, 0.05) is 6.42 Å².